The van der Waals surface area contributed by atoms with Gasteiger partial charge in [-0.15, -0.1) is 0 Å². The molecular formula is C14H18N2O. The molecule has 0 heterocycles. The van der Waals surface area contributed by atoms with Gasteiger partial charge in [-0.2, -0.15) is 0 Å². The summed E-state index contributed by atoms with van der Waals surface area (Å²) in [6.07, 6.45) is 3.97. The number of nitrogens with two attached hydrogens (primary N) is 1. The molecule has 1 amide bonds. The van der Waals surface area contributed by atoms with Gasteiger partial charge in [0, 0.05) is 6.42 Å². The summed E-state index contributed by atoms with van der Waals surface area (Å²) in [5.74, 6) is 0.802. The van der Waals surface area contributed by atoms with E-state index in [0.29, 0.717) is 12.3 Å². The molecule has 3 heteroatoms. The third kappa shape index (κ3) is 2.20. The molecule has 1 aromatic carbocycles. The number of nitrogens with one attached hydrogen (secondary N) is 1. The summed E-state index contributed by atoms with van der Waals surface area (Å²) >= 11 is 0. The molecule has 2 aliphatic carbocycles. The number of hydrogen-bond acceptors (Lipinski definition) is 2. The first kappa shape index (κ1) is 10.8. The lowest BCUT2D eigenvalue weighted by molar-refractivity contribution is -0.122. The van der Waals surface area contributed by atoms with Crippen molar-refractivity contribution in [1.82, 2.24) is 5.32 Å². The molecule has 3 nitrogen and oxygen atoms in total. The van der Waals surface area contributed by atoms with Crippen molar-refractivity contribution in [3.05, 3.63) is 35.4 Å². The maximum Gasteiger partial charge on any atom is 0.220 e. The molecule has 2 atom stereocenters. The number of rotatable bonds is 3. The quantitative estimate of drug-likeness (QED) is 0.827. The second-order valence-corrected chi connectivity index (χ2v) is 5.25. The zero-order valence-corrected chi connectivity index (χ0v) is 9.86. The van der Waals surface area contributed by atoms with Gasteiger partial charge in [0.05, 0.1) is 12.1 Å². The Morgan fingerprint density at radius 1 is 1.35 bits per heavy atom. The van der Waals surface area contributed by atoms with E-state index >= 15 is 0 Å². The number of benzene rings is 1. The second-order valence-electron chi connectivity index (χ2n) is 5.25. The first-order valence-corrected chi connectivity index (χ1v) is 6.37. The lowest BCUT2D eigenvalue weighted by atomic mass is 10.1. The fourth-order valence-corrected chi connectivity index (χ4v) is 2.62. The minimum atomic E-state index is -0.0469. The molecule has 3 rings (SSSR count). The van der Waals surface area contributed by atoms with E-state index in [2.05, 4.69) is 17.4 Å². The van der Waals surface area contributed by atoms with Gasteiger partial charge < -0.3 is 11.1 Å². The molecule has 17 heavy (non-hydrogen) atoms. The molecule has 2 aliphatic rings. The monoisotopic (exact) mass is 230 g/mol. The van der Waals surface area contributed by atoms with Crippen LogP contribution in [0.1, 0.15) is 36.4 Å². The Labute approximate surface area is 101 Å². The highest BCUT2D eigenvalue weighted by molar-refractivity contribution is 5.77. The SMILES string of the molecule is N[C@H]1c2ccccc2C[C@@H]1NC(=O)CC1CC1. The number of carbonyl (C=O) groups is 1. The fraction of sp³-hybridized carbons (Fsp3) is 0.500. The summed E-state index contributed by atoms with van der Waals surface area (Å²) in [5.41, 5.74) is 8.63. The van der Waals surface area contributed by atoms with Crippen LogP contribution >= 0.6 is 0 Å². The summed E-state index contributed by atoms with van der Waals surface area (Å²) in [7, 11) is 0. The third-order valence-corrected chi connectivity index (χ3v) is 3.80. The van der Waals surface area contributed by atoms with Crippen molar-refractivity contribution in [1.29, 1.82) is 0 Å². The summed E-state index contributed by atoms with van der Waals surface area (Å²) in [5, 5.41) is 3.08. The van der Waals surface area contributed by atoms with Crippen LogP contribution in [0.15, 0.2) is 24.3 Å². The smallest absolute Gasteiger partial charge is 0.220 e. The molecule has 0 spiro atoms. The molecule has 0 bridgehead atoms. The molecule has 1 aromatic rings. The summed E-state index contributed by atoms with van der Waals surface area (Å²) < 4.78 is 0. The van der Waals surface area contributed by atoms with Crippen LogP contribution < -0.4 is 11.1 Å². The zero-order chi connectivity index (χ0) is 11.8. The minimum Gasteiger partial charge on any atom is -0.351 e. The van der Waals surface area contributed by atoms with Crippen LogP contribution in [0.25, 0.3) is 0 Å². The van der Waals surface area contributed by atoms with Crippen LogP contribution in [0.5, 0.6) is 0 Å². The van der Waals surface area contributed by atoms with Crippen molar-refractivity contribution in [2.45, 2.75) is 37.8 Å². The van der Waals surface area contributed by atoms with Gasteiger partial charge in [-0.05, 0) is 36.3 Å². The zero-order valence-electron chi connectivity index (χ0n) is 9.86. The molecule has 3 N–H and O–H groups in total. The summed E-state index contributed by atoms with van der Waals surface area (Å²) in [6.45, 7) is 0. The fourth-order valence-electron chi connectivity index (χ4n) is 2.62. The van der Waals surface area contributed by atoms with E-state index in [1.807, 2.05) is 12.1 Å². The van der Waals surface area contributed by atoms with Crippen molar-refractivity contribution in [2.75, 3.05) is 0 Å². The van der Waals surface area contributed by atoms with Crippen molar-refractivity contribution < 1.29 is 4.79 Å². The maximum absolute atomic E-state index is 11.8. The van der Waals surface area contributed by atoms with E-state index < -0.39 is 0 Å². The molecule has 0 saturated heterocycles. The Morgan fingerprint density at radius 2 is 2.12 bits per heavy atom. The van der Waals surface area contributed by atoms with E-state index in [4.69, 9.17) is 5.73 Å². The predicted octanol–water partition coefficient (Wildman–Crippen LogP) is 1.53. The number of fused-ring (bicyclic) bond motifs is 1. The summed E-state index contributed by atoms with van der Waals surface area (Å²) in [6, 6.07) is 8.23. The predicted molar refractivity (Wildman–Crippen MR) is 66.3 cm³/mol. The van der Waals surface area contributed by atoms with Gasteiger partial charge in [0.15, 0.2) is 0 Å². The van der Waals surface area contributed by atoms with Crippen LogP contribution in [0.4, 0.5) is 0 Å². The Bertz CT molecular complexity index is 440. The van der Waals surface area contributed by atoms with Gasteiger partial charge in [0.2, 0.25) is 5.91 Å². The number of carbonyl (C=O) groups excluding carboxylic acids is 1. The average molecular weight is 230 g/mol. The molecule has 90 valence electrons. The largest absolute Gasteiger partial charge is 0.351 e. The Balaban J connectivity index is 1.64. The summed E-state index contributed by atoms with van der Waals surface area (Å²) in [4.78, 5) is 11.8. The Kier molecular flexibility index (Phi) is 2.63. The first-order valence-electron chi connectivity index (χ1n) is 6.37. The topological polar surface area (TPSA) is 55.1 Å². The molecule has 0 aliphatic heterocycles. The lowest BCUT2D eigenvalue weighted by Crippen LogP contribution is -2.40. The van der Waals surface area contributed by atoms with Crippen LogP contribution in [0, 0.1) is 5.92 Å². The van der Waals surface area contributed by atoms with Crippen LogP contribution in [0.2, 0.25) is 0 Å². The van der Waals surface area contributed by atoms with Gasteiger partial charge in [-0.3, -0.25) is 4.79 Å². The molecule has 0 radical (unpaired) electrons. The van der Waals surface area contributed by atoms with Gasteiger partial charge in [-0.1, -0.05) is 24.3 Å². The van der Waals surface area contributed by atoms with Crippen molar-refractivity contribution in [2.24, 2.45) is 11.7 Å². The van der Waals surface area contributed by atoms with Crippen LogP contribution in [0.3, 0.4) is 0 Å². The molecule has 1 saturated carbocycles. The highest BCUT2D eigenvalue weighted by Gasteiger charge is 2.32. The molecule has 0 aromatic heterocycles. The standard InChI is InChI=1S/C14H18N2O/c15-14-11-4-2-1-3-10(11)8-12(14)16-13(17)7-9-5-6-9/h1-4,9,12,14H,5-8,15H2,(H,16,17)/t12-,14-/m0/s1. The first-order chi connectivity index (χ1) is 8.24. The number of hydrogen-bond donors (Lipinski definition) is 2. The minimum absolute atomic E-state index is 0.0469. The van der Waals surface area contributed by atoms with Crippen molar-refractivity contribution in [3.8, 4) is 0 Å². The van der Waals surface area contributed by atoms with Gasteiger partial charge in [0.25, 0.3) is 0 Å². The van der Waals surface area contributed by atoms with Crippen molar-refractivity contribution in [3.63, 3.8) is 0 Å². The Morgan fingerprint density at radius 3 is 2.82 bits per heavy atom. The second kappa shape index (κ2) is 4.15. The van der Waals surface area contributed by atoms with Gasteiger partial charge in [-0.25, -0.2) is 0 Å². The lowest BCUT2D eigenvalue weighted by Gasteiger charge is -2.17. The van der Waals surface area contributed by atoms with Crippen LogP contribution in [-0.2, 0) is 11.2 Å². The van der Waals surface area contributed by atoms with Gasteiger partial charge >= 0.3 is 0 Å². The van der Waals surface area contributed by atoms with Crippen LogP contribution in [-0.4, -0.2) is 11.9 Å². The van der Waals surface area contributed by atoms with E-state index in [1.54, 1.807) is 0 Å². The molecular weight excluding hydrogens is 212 g/mol. The maximum atomic E-state index is 11.8. The molecule has 1 fully saturated rings. The highest BCUT2D eigenvalue weighted by Crippen LogP contribution is 2.33. The van der Waals surface area contributed by atoms with E-state index in [1.165, 1.54) is 24.0 Å². The third-order valence-electron chi connectivity index (χ3n) is 3.80. The van der Waals surface area contributed by atoms with E-state index in [9.17, 15) is 4.79 Å². The molecule has 0 unspecified atom stereocenters. The highest BCUT2D eigenvalue weighted by atomic mass is 16.1. The van der Waals surface area contributed by atoms with E-state index in [0.717, 1.165) is 6.42 Å². The average Bonchev–Trinajstić information content (AvgIpc) is 3.06. The van der Waals surface area contributed by atoms with Gasteiger partial charge in [0.1, 0.15) is 0 Å². The Hall–Kier alpha value is -1.35. The van der Waals surface area contributed by atoms with Crippen molar-refractivity contribution >= 4 is 5.91 Å². The normalized spacial score (nSPS) is 26.6. The number of amides is 1. The van der Waals surface area contributed by atoms with E-state index in [-0.39, 0.29) is 18.0 Å².